The van der Waals surface area contributed by atoms with Crippen molar-refractivity contribution in [3.63, 3.8) is 0 Å². The summed E-state index contributed by atoms with van der Waals surface area (Å²) in [5, 5.41) is 10.3. The maximum absolute atomic E-state index is 12.6. The molecule has 0 saturated carbocycles. The molecule has 2 rings (SSSR count). The highest BCUT2D eigenvalue weighted by Gasteiger charge is 2.26. The average Bonchev–Trinajstić information content (AvgIpc) is 2.91. The molecule has 1 aromatic carbocycles. The lowest BCUT2D eigenvalue weighted by Crippen LogP contribution is -2.44. The maximum atomic E-state index is 12.6. The Morgan fingerprint density at radius 1 is 1.45 bits per heavy atom. The van der Waals surface area contributed by atoms with Crippen molar-refractivity contribution in [2.24, 2.45) is 0 Å². The van der Waals surface area contributed by atoms with E-state index in [1.54, 1.807) is 24.3 Å². The minimum Gasteiger partial charge on any atom is -0.392 e. The molecule has 1 N–H and O–H groups in total. The molecule has 122 valence electrons. The molecular weight excluding hydrogens is 300 g/mol. The van der Waals surface area contributed by atoms with Gasteiger partial charge in [0.2, 0.25) is 0 Å². The molecule has 4 nitrogen and oxygen atoms in total. The number of amides is 1. The maximum Gasteiger partial charge on any atom is 0.253 e. The predicted molar refractivity (Wildman–Crippen MR) is 89.3 cm³/mol. The molecule has 1 fully saturated rings. The minimum absolute atomic E-state index is 0.0230. The summed E-state index contributed by atoms with van der Waals surface area (Å²) in [6.07, 6.45) is 2.59. The highest BCUT2D eigenvalue weighted by atomic mass is 35.5. The number of carbonyl (C=O) groups excluding carboxylic acids is 1. The zero-order valence-electron chi connectivity index (χ0n) is 13.3. The normalized spacial score (nSPS) is 20.1. The molecule has 0 unspecified atom stereocenters. The fraction of sp³-hybridized carbons (Fsp3) is 0.588. The van der Waals surface area contributed by atoms with Crippen LogP contribution in [0.1, 0.15) is 36.5 Å². The molecule has 0 aliphatic carbocycles. The van der Waals surface area contributed by atoms with Gasteiger partial charge in [-0.1, -0.05) is 24.9 Å². The fourth-order valence-corrected chi connectivity index (χ4v) is 3.10. The molecule has 0 spiro atoms. The highest BCUT2D eigenvalue weighted by Crippen LogP contribution is 2.17. The Bertz CT molecular complexity index is 492. The first-order valence-electron chi connectivity index (χ1n) is 7.94. The number of benzene rings is 1. The van der Waals surface area contributed by atoms with E-state index in [-0.39, 0.29) is 18.1 Å². The van der Waals surface area contributed by atoms with E-state index in [0.29, 0.717) is 17.1 Å². The summed E-state index contributed by atoms with van der Waals surface area (Å²) in [6.45, 7) is 4.57. The molecule has 0 aromatic heterocycles. The van der Waals surface area contributed by atoms with E-state index in [1.165, 1.54) is 0 Å². The van der Waals surface area contributed by atoms with E-state index in [2.05, 4.69) is 11.8 Å². The van der Waals surface area contributed by atoms with Gasteiger partial charge in [0, 0.05) is 43.3 Å². The van der Waals surface area contributed by atoms with Gasteiger partial charge >= 0.3 is 0 Å². The molecule has 22 heavy (non-hydrogen) atoms. The van der Waals surface area contributed by atoms with E-state index in [4.69, 9.17) is 11.6 Å². The SMILES string of the molecule is CCC[C@@H](CN1CC[C@H](O)C1)N(C)C(=O)c1ccc(Cl)cc1. The molecule has 2 atom stereocenters. The second-order valence-electron chi connectivity index (χ2n) is 6.07. The monoisotopic (exact) mass is 324 g/mol. The van der Waals surface area contributed by atoms with Crippen molar-refractivity contribution < 1.29 is 9.90 Å². The molecule has 1 saturated heterocycles. The lowest BCUT2D eigenvalue weighted by molar-refractivity contribution is 0.0680. The summed E-state index contributed by atoms with van der Waals surface area (Å²) in [7, 11) is 1.86. The van der Waals surface area contributed by atoms with Gasteiger partial charge < -0.3 is 10.0 Å². The molecule has 0 bridgehead atoms. The first-order chi connectivity index (χ1) is 10.5. The number of hydrogen-bond acceptors (Lipinski definition) is 3. The highest BCUT2D eigenvalue weighted by molar-refractivity contribution is 6.30. The van der Waals surface area contributed by atoms with Crippen molar-refractivity contribution in [3.05, 3.63) is 34.9 Å². The first kappa shape index (κ1) is 17.3. The molecular formula is C17H25ClN2O2. The number of aliphatic hydroxyl groups excluding tert-OH is 1. The van der Waals surface area contributed by atoms with Gasteiger partial charge in [0.05, 0.1) is 6.10 Å². The molecule has 0 radical (unpaired) electrons. The first-order valence-corrected chi connectivity index (χ1v) is 8.32. The predicted octanol–water partition coefficient (Wildman–Crippen LogP) is 2.65. The second kappa shape index (κ2) is 7.95. The Morgan fingerprint density at radius 2 is 2.14 bits per heavy atom. The minimum atomic E-state index is -0.223. The Hall–Kier alpha value is -1.10. The van der Waals surface area contributed by atoms with Crippen LogP contribution < -0.4 is 0 Å². The Kier molecular flexibility index (Phi) is 6.24. The van der Waals surface area contributed by atoms with Crippen molar-refractivity contribution >= 4 is 17.5 Å². The molecule has 1 aromatic rings. The quantitative estimate of drug-likeness (QED) is 0.875. The smallest absolute Gasteiger partial charge is 0.253 e. The van der Waals surface area contributed by atoms with Gasteiger partial charge in [-0.3, -0.25) is 9.69 Å². The number of nitrogens with zero attached hydrogens (tertiary/aromatic N) is 2. The number of likely N-dealkylation sites (N-methyl/N-ethyl adjacent to an activating group) is 1. The summed E-state index contributed by atoms with van der Waals surface area (Å²) in [5.41, 5.74) is 0.662. The van der Waals surface area contributed by atoms with Gasteiger partial charge in [-0.2, -0.15) is 0 Å². The van der Waals surface area contributed by atoms with Crippen LogP contribution in [0.2, 0.25) is 5.02 Å². The summed E-state index contributed by atoms with van der Waals surface area (Å²) in [5.74, 6) is 0.0230. The Balaban J connectivity index is 2.03. The Labute approximate surface area is 137 Å². The zero-order valence-corrected chi connectivity index (χ0v) is 14.1. The van der Waals surface area contributed by atoms with Crippen LogP contribution in [0.25, 0.3) is 0 Å². The van der Waals surface area contributed by atoms with Crippen molar-refractivity contribution in [3.8, 4) is 0 Å². The summed E-state index contributed by atoms with van der Waals surface area (Å²) in [6, 6.07) is 7.19. The van der Waals surface area contributed by atoms with E-state index < -0.39 is 0 Å². The van der Waals surface area contributed by atoms with E-state index >= 15 is 0 Å². The van der Waals surface area contributed by atoms with Gasteiger partial charge in [0.15, 0.2) is 0 Å². The number of β-amino-alcohol motifs (C(OH)–C–C–N with tert-alkyl or cyclic N) is 1. The van der Waals surface area contributed by atoms with Crippen LogP contribution in [0, 0.1) is 0 Å². The number of aliphatic hydroxyl groups is 1. The largest absolute Gasteiger partial charge is 0.392 e. The topological polar surface area (TPSA) is 43.8 Å². The van der Waals surface area contributed by atoms with Crippen LogP contribution in [0.3, 0.4) is 0 Å². The van der Waals surface area contributed by atoms with Crippen molar-refractivity contribution in [1.82, 2.24) is 9.80 Å². The van der Waals surface area contributed by atoms with Gasteiger partial charge in [-0.05, 0) is 37.1 Å². The molecule has 1 aliphatic rings. The fourth-order valence-electron chi connectivity index (χ4n) is 2.98. The number of hydrogen-bond donors (Lipinski definition) is 1. The van der Waals surface area contributed by atoms with Gasteiger partial charge in [-0.15, -0.1) is 0 Å². The van der Waals surface area contributed by atoms with Crippen LogP contribution in [0.15, 0.2) is 24.3 Å². The average molecular weight is 325 g/mol. The van der Waals surface area contributed by atoms with Crippen LogP contribution in [-0.4, -0.2) is 59.6 Å². The summed E-state index contributed by atoms with van der Waals surface area (Å²) in [4.78, 5) is 16.7. The van der Waals surface area contributed by atoms with Crippen molar-refractivity contribution in [2.75, 3.05) is 26.7 Å². The number of halogens is 1. The van der Waals surface area contributed by atoms with Crippen LogP contribution in [0.4, 0.5) is 0 Å². The number of rotatable bonds is 6. The van der Waals surface area contributed by atoms with E-state index in [9.17, 15) is 9.90 Å². The van der Waals surface area contributed by atoms with Crippen LogP contribution >= 0.6 is 11.6 Å². The third-order valence-corrected chi connectivity index (χ3v) is 4.55. The Morgan fingerprint density at radius 3 is 2.68 bits per heavy atom. The third-order valence-electron chi connectivity index (χ3n) is 4.30. The molecule has 5 heteroatoms. The molecule has 1 aliphatic heterocycles. The molecule has 1 heterocycles. The lowest BCUT2D eigenvalue weighted by Gasteiger charge is -2.31. The standard InChI is InChI=1S/C17H25ClN2O2/c1-3-4-15(11-20-10-9-16(21)12-20)19(2)17(22)13-5-7-14(18)8-6-13/h5-8,15-16,21H,3-4,9-12H2,1-2H3/t15-,16-/m0/s1. The van der Waals surface area contributed by atoms with Crippen LogP contribution in [0.5, 0.6) is 0 Å². The molecule has 1 amide bonds. The summed E-state index contributed by atoms with van der Waals surface area (Å²) < 4.78 is 0. The van der Waals surface area contributed by atoms with Crippen LogP contribution in [-0.2, 0) is 0 Å². The van der Waals surface area contributed by atoms with E-state index in [1.807, 2.05) is 11.9 Å². The summed E-state index contributed by atoms with van der Waals surface area (Å²) >= 11 is 5.88. The lowest BCUT2D eigenvalue weighted by atomic mass is 10.1. The second-order valence-corrected chi connectivity index (χ2v) is 6.50. The van der Waals surface area contributed by atoms with Gasteiger partial charge in [0.1, 0.15) is 0 Å². The number of carbonyl (C=O) groups is 1. The van der Waals surface area contributed by atoms with Crippen molar-refractivity contribution in [2.45, 2.75) is 38.3 Å². The zero-order chi connectivity index (χ0) is 16.1. The van der Waals surface area contributed by atoms with Crippen molar-refractivity contribution in [1.29, 1.82) is 0 Å². The van der Waals surface area contributed by atoms with E-state index in [0.717, 1.165) is 32.4 Å². The third kappa shape index (κ3) is 4.45. The van der Waals surface area contributed by atoms with Gasteiger partial charge in [0.25, 0.3) is 5.91 Å². The van der Waals surface area contributed by atoms with Gasteiger partial charge in [-0.25, -0.2) is 0 Å². The number of likely N-dealkylation sites (tertiary alicyclic amines) is 1.